The van der Waals surface area contributed by atoms with E-state index < -0.39 is 5.60 Å². The van der Waals surface area contributed by atoms with Gasteiger partial charge < -0.3 is 10.4 Å². The SMILES string of the molecule is Cc1cnccc1CC1(O)CCNCC1. The molecule has 3 nitrogen and oxygen atoms in total. The van der Waals surface area contributed by atoms with Crippen molar-refractivity contribution in [1.29, 1.82) is 0 Å². The van der Waals surface area contributed by atoms with Crippen LogP contribution in [0.5, 0.6) is 0 Å². The van der Waals surface area contributed by atoms with Crippen molar-refractivity contribution < 1.29 is 5.11 Å². The van der Waals surface area contributed by atoms with Crippen molar-refractivity contribution in [1.82, 2.24) is 10.3 Å². The molecule has 0 atom stereocenters. The standard InChI is InChI=1S/C12H18N2O/c1-10-9-14-5-2-11(10)8-12(15)3-6-13-7-4-12/h2,5,9,13,15H,3-4,6-8H2,1H3. The van der Waals surface area contributed by atoms with Gasteiger partial charge in [0.1, 0.15) is 0 Å². The van der Waals surface area contributed by atoms with Crippen molar-refractivity contribution in [2.75, 3.05) is 13.1 Å². The number of pyridine rings is 1. The van der Waals surface area contributed by atoms with Crippen molar-refractivity contribution >= 4 is 0 Å². The minimum Gasteiger partial charge on any atom is -0.389 e. The predicted molar refractivity (Wildman–Crippen MR) is 59.7 cm³/mol. The fourth-order valence-electron chi connectivity index (χ4n) is 2.12. The van der Waals surface area contributed by atoms with E-state index in [1.54, 1.807) is 6.20 Å². The Hall–Kier alpha value is -0.930. The van der Waals surface area contributed by atoms with E-state index in [4.69, 9.17) is 0 Å². The Balaban J connectivity index is 2.10. The third kappa shape index (κ3) is 2.55. The molecular weight excluding hydrogens is 188 g/mol. The summed E-state index contributed by atoms with van der Waals surface area (Å²) in [5, 5.41) is 13.7. The van der Waals surface area contributed by atoms with Crippen molar-refractivity contribution in [3.05, 3.63) is 29.6 Å². The van der Waals surface area contributed by atoms with E-state index in [9.17, 15) is 5.11 Å². The van der Waals surface area contributed by atoms with Crippen LogP contribution in [0, 0.1) is 6.92 Å². The highest BCUT2D eigenvalue weighted by Crippen LogP contribution is 2.24. The molecule has 0 radical (unpaired) electrons. The van der Waals surface area contributed by atoms with Crippen molar-refractivity contribution in [2.45, 2.75) is 31.8 Å². The van der Waals surface area contributed by atoms with Gasteiger partial charge in [0.25, 0.3) is 0 Å². The zero-order valence-electron chi connectivity index (χ0n) is 9.16. The van der Waals surface area contributed by atoms with E-state index in [0.717, 1.165) is 32.4 Å². The van der Waals surface area contributed by atoms with Gasteiger partial charge >= 0.3 is 0 Å². The minimum atomic E-state index is -0.517. The molecule has 1 aliphatic rings. The first-order valence-corrected chi connectivity index (χ1v) is 5.52. The lowest BCUT2D eigenvalue weighted by atomic mass is 9.85. The van der Waals surface area contributed by atoms with Gasteiger partial charge in [-0.05, 0) is 50.0 Å². The van der Waals surface area contributed by atoms with Gasteiger partial charge in [0, 0.05) is 18.8 Å². The number of aryl methyl sites for hydroxylation is 1. The molecule has 1 saturated heterocycles. The summed E-state index contributed by atoms with van der Waals surface area (Å²) < 4.78 is 0. The fraction of sp³-hybridized carbons (Fsp3) is 0.583. The zero-order valence-corrected chi connectivity index (χ0v) is 9.16. The van der Waals surface area contributed by atoms with Crippen LogP contribution in [-0.4, -0.2) is 28.8 Å². The van der Waals surface area contributed by atoms with Crippen molar-refractivity contribution in [3.8, 4) is 0 Å². The predicted octanol–water partition coefficient (Wildman–Crippen LogP) is 1.05. The van der Waals surface area contributed by atoms with Crippen LogP contribution in [0.3, 0.4) is 0 Å². The third-order valence-electron chi connectivity index (χ3n) is 3.19. The van der Waals surface area contributed by atoms with E-state index >= 15 is 0 Å². The average Bonchev–Trinajstić information content (AvgIpc) is 2.22. The first-order chi connectivity index (χ1) is 7.20. The first-order valence-electron chi connectivity index (χ1n) is 5.52. The normalized spacial score (nSPS) is 20.1. The molecule has 3 heteroatoms. The second-order valence-electron chi connectivity index (χ2n) is 4.45. The van der Waals surface area contributed by atoms with Crippen LogP contribution in [0.2, 0.25) is 0 Å². The van der Waals surface area contributed by atoms with E-state index in [1.807, 2.05) is 19.2 Å². The number of aromatic nitrogens is 1. The lowest BCUT2D eigenvalue weighted by Gasteiger charge is -2.33. The summed E-state index contributed by atoms with van der Waals surface area (Å²) in [6, 6.07) is 2.01. The highest BCUT2D eigenvalue weighted by atomic mass is 16.3. The summed E-state index contributed by atoms with van der Waals surface area (Å²) >= 11 is 0. The highest BCUT2D eigenvalue weighted by Gasteiger charge is 2.29. The van der Waals surface area contributed by atoms with Crippen LogP contribution in [0.25, 0.3) is 0 Å². The quantitative estimate of drug-likeness (QED) is 0.760. The molecule has 0 aliphatic carbocycles. The molecule has 1 fully saturated rings. The lowest BCUT2D eigenvalue weighted by Crippen LogP contribution is -2.43. The van der Waals surface area contributed by atoms with Crippen LogP contribution in [0.15, 0.2) is 18.5 Å². The van der Waals surface area contributed by atoms with E-state index in [2.05, 4.69) is 10.3 Å². The Kier molecular flexibility index (Phi) is 3.03. The van der Waals surface area contributed by atoms with Gasteiger partial charge in [-0.1, -0.05) is 0 Å². The molecule has 0 amide bonds. The van der Waals surface area contributed by atoms with Gasteiger partial charge in [0.15, 0.2) is 0 Å². The lowest BCUT2D eigenvalue weighted by molar-refractivity contribution is 0.0107. The molecule has 2 heterocycles. The monoisotopic (exact) mass is 206 g/mol. The van der Waals surface area contributed by atoms with Gasteiger partial charge in [0.2, 0.25) is 0 Å². The number of aliphatic hydroxyl groups is 1. The number of piperidine rings is 1. The Morgan fingerprint density at radius 3 is 2.87 bits per heavy atom. The molecule has 82 valence electrons. The topological polar surface area (TPSA) is 45.2 Å². The fourth-order valence-corrected chi connectivity index (χ4v) is 2.12. The highest BCUT2D eigenvalue weighted by molar-refractivity contribution is 5.23. The Morgan fingerprint density at radius 2 is 2.20 bits per heavy atom. The molecule has 0 unspecified atom stereocenters. The number of nitrogens with one attached hydrogen (secondary N) is 1. The second kappa shape index (κ2) is 4.29. The third-order valence-corrected chi connectivity index (χ3v) is 3.19. The summed E-state index contributed by atoms with van der Waals surface area (Å²) in [6.45, 7) is 3.88. The van der Waals surface area contributed by atoms with E-state index in [-0.39, 0.29) is 0 Å². The molecule has 0 bridgehead atoms. The molecule has 15 heavy (non-hydrogen) atoms. The van der Waals surface area contributed by atoms with E-state index in [0.29, 0.717) is 0 Å². The number of nitrogens with zero attached hydrogens (tertiary/aromatic N) is 1. The number of hydrogen-bond acceptors (Lipinski definition) is 3. The van der Waals surface area contributed by atoms with Crippen LogP contribution in [0.4, 0.5) is 0 Å². The zero-order chi connectivity index (χ0) is 10.7. The van der Waals surface area contributed by atoms with E-state index in [1.165, 1.54) is 11.1 Å². The van der Waals surface area contributed by atoms with Crippen molar-refractivity contribution in [3.63, 3.8) is 0 Å². The summed E-state index contributed by atoms with van der Waals surface area (Å²) in [4.78, 5) is 4.07. The summed E-state index contributed by atoms with van der Waals surface area (Å²) in [7, 11) is 0. The molecule has 2 N–H and O–H groups in total. The van der Waals surface area contributed by atoms with Gasteiger partial charge in [-0.25, -0.2) is 0 Å². The average molecular weight is 206 g/mol. The van der Waals surface area contributed by atoms with Gasteiger partial charge in [-0.2, -0.15) is 0 Å². The van der Waals surface area contributed by atoms with Gasteiger partial charge in [0.05, 0.1) is 5.60 Å². The van der Waals surface area contributed by atoms with Crippen molar-refractivity contribution in [2.24, 2.45) is 0 Å². The van der Waals surface area contributed by atoms with Crippen LogP contribution in [-0.2, 0) is 6.42 Å². The molecule has 2 rings (SSSR count). The molecule has 1 aromatic heterocycles. The summed E-state index contributed by atoms with van der Waals surface area (Å²) in [6.07, 6.45) is 6.10. The van der Waals surface area contributed by atoms with Gasteiger partial charge in [-0.15, -0.1) is 0 Å². The largest absolute Gasteiger partial charge is 0.389 e. The molecular formula is C12H18N2O. The summed E-state index contributed by atoms with van der Waals surface area (Å²) in [5.41, 5.74) is 1.87. The Labute approximate surface area is 90.5 Å². The Morgan fingerprint density at radius 1 is 1.47 bits per heavy atom. The maximum Gasteiger partial charge on any atom is 0.0712 e. The molecule has 0 saturated carbocycles. The van der Waals surface area contributed by atoms with Crippen LogP contribution in [0.1, 0.15) is 24.0 Å². The molecule has 0 aromatic carbocycles. The molecule has 0 spiro atoms. The smallest absolute Gasteiger partial charge is 0.0712 e. The first kappa shape index (κ1) is 10.6. The van der Waals surface area contributed by atoms with Crippen LogP contribution < -0.4 is 5.32 Å². The maximum atomic E-state index is 10.4. The van der Waals surface area contributed by atoms with Crippen LogP contribution >= 0.6 is 0 Å². The molecule has 1 aliphatic heterocycles. The second-order valence-corrected chi connectivity index (χ2v) is 4.45. The minimum absolute atomic E-state index is 0.517. The summed E-state index contributed by atoms with van der Waals surface area (Å²) in [5.74, 6) is 0. The number of hydrogen-bond donors (Lipinski definition) is 2. The maximum absolute atomic E-state index is 10.4. The Bertz CT molecular complexity index is 332. The molecule has 1 aromatic rings. The van der Waals surface area contributed by atoms with Gasteiger partial charge in [-0.3, -0.25) is 4.98 Å². The number of rotatable bonds is 2.